The Labute approximate surface area is 162 Å². The molecule has 130 valence electrons. The molecule has 1 aromatic heterocycles. The van der Waals surface area contributed by atoms with Gasteiger partial charge in [-0.15, -0.1) is 17.9 Å². The van der Waals surface area contributed by atoms with Crippen molar-refractivity contribution < 1.29 is 0 Å². The van der Waals surface area contributed by atoms with E-state index in [4.69, 9.17) is 0 Å². The number of halogens is 1. The molecule has 3 aliphatic rings. The molecule has 1 saturated carbocycles. The molecule has 3 heteroatoms. The van der Waals surface area contributed by atoms with Crippen LogP contribution < -0.4 is 0 Å². The van der Waals surface area contributed by atoms with Gasteiger partial charge in [0.1, 0.15) is 0 Å². The Morgan fingerprint density at radius 2 is 2.08 bits per heavy atom. The van der Waals surface area contributed by atoms with Crippen LogP contribution in [0.15, 0.2) is 52.3 Å². The van der Waals surface area contributed by atoms with Crippen molar-refractivity contribution in [2.75, 3.05) is 0 Å². The van der Waals surface area contributed by atoms with Gasteiger partial charge in [-0.05, 0) is 53.3 Å². The molecule has 0 bridgehead atoms. The maximum Gasteiger partial charge on any atom is 0.0464 e. The van der Waals surface area contributed by atoms with Gasteiger partial charge in [-0.2, -0.15) is 0 Å². The van der Waals surface area contributed by atoms with Gasteiger partial charge in [-0.25, -0.2) is 0 Å². The second kappa shape index (κ2) is 5.09. The molecule has 25 heavy (non-hydrogen) atoms. The number of thiophene rings is 1. The van der Waals surface area contributed by atoms with E-state index < -0.39 is 0 Å². The number of rotatable bonds is 4. The molecule has 1 aliphatic heterocycles. The smallest absolute Gasteiger partial charge is 0.0464 e. The van der Waals surface area contributed by atoms with Gasteiger partial charge in [0.2, 0.25) is 0 Å². The largest absolute Gasteiger partial charge is 0.287 e. The first kappa shape index (κ1) is 16.3. The van der Waals surface area contributed by atoms with Crippen LogP contribution in [-0.4, -0.2) is 10.9 Å². The summed E-state index contributed by atoms with van der Waals surface area (Å²) in [5.41, 5.74) is 5.16. The van der Waals surface area contributed by atoms with Crippen molar-refractivity contribution in [1.82, 2.24) is 4.90 Å². The predicted octanol–water partition coefficient (Wildman–Crippen LogP) is 6.31. The van der Waals surface area contributed by atoms with Crippen molar-refractivity contribution >= 4 is 27.3 Å². The summed E-state index contributed by atoms with van der Waals surface area (Å²) in [6, 6.07) is 12.4. The van der Waals surface area contributed by atoms with Crippen molar-refractivity contribution in [3.8, 4) is 0 Å². The lowest BCUT2D eigenvalue weighted by molar-refractivity contribution is 0.0906. The quantitative estimate of drug-likeness (QED) is 0.530. The zero-order valence-electron chi connectivity index (χ0n) is 15.1. The number of hydrogen-bond donors (Lipinski definition) is 0. The van der Waals surface area contributed by atoms with Crippen molar-refractivity contribution in [3.63, 3.8) is 0 Å². The van der Waals surface area contributed by atoms with Crippen LogP contribution in [-0.2, 0) is 12.0 Å². The maximum absolute atomic E-state index is 4.25. The zero-order valence-corrected chi connectivity index (χ0v) is 17.5. The monoisotopic (exact) mass is 413 g/mol. The standard InChI is InChI=1S/C22H24BrNS/c1-13(2)11-17-19-21(3,4)22(19)18-15(8-5-9-16(18)23)20(22)24(17)12-14-7-6-10-25-14/h5-10,17,19-20H,1,11-12H2,2-4H3. The van der Waals surface area contributed by atoms with Crippen LogP contribution in [0.4, 0.5) is 0 Å². The fourth-order valence-electron chi connectivity index (χ4n) is 6.34. The van der Waals surface area contributed by atoms with Crippen LogP contribution in [0.2, 0.25) is 0 Å². The number of likely N-dealkylation sites (tertiary alicyclic amines) is 1. The molecule has 0 N–H and O–H groups in total. The van der Waals surface area contributed by atoms with Crippen LogP contribution in [0, 0.1) is 11.3 Å². The van der Waals surface area contributed by atoms with Crippen molar-refractivity contribution in [2.45, 2.75) is 51.2 Å². The molecule has 1 saturated heterocycles. The van der Waals surface area contributed by atoms with E-state index in [-0.39, 0.29) is 0 Å². The van der Waals surface area contributed by atoms with E-state index >= 15 is 0 Å². The highest BCUT2D eigenvalue weighted by Gasteiger charge is 2.86. The van der Waals surface area contributed by atoms with Crippen molar-refractivity contribution in [3.05, 3.63) is 68.3 Å². The second-order valence-electron chi connectivity index (χ2n) is 8.66. The van der Waals surface area contributed by atoms with Crippen LogP contribution in [0.1, 0.15) is 49.2 Å². The van der Waals surface area contributed by atoms with E-state index in [1.54, 1.807) is 11.1 Å². The summed E-state index contributed by atoms with van der Waals surface area (Å²) in [4.78, 5) is 4.27. The lowest BCUT2D eigenvalue weighted by Crippen LogP contribution is -2.46. The van der Waals surface area contributed by atoms with Gasteiger partial charge in [-0.1, -0.05) is 53.5 Å². The SMILES string of the molecule is C=C(C)CC1C2C(C)(C)C23c2c(Br)cccc2C3N1Cc1cccs1. The van der Waals surface area contributed by atoms with Gasteiger partial charge < -0.3 is 0 Å². The number of benzene rings is 1. The third kappa shape index (κ3) is 1.82. The molecule has 5 rings (SSSR count). The minimum atomic E-state index is 0.333. The van der Waals surface area contributed by atoms with E-state index in [1.807, 2.05) is 11.3 Å². The summed E-state index contributed by atoms with van der Waals surface area (Å²) < 4.78 is 1.31. The topological polar surface area (TPSA) is 3.24 Å². The Morgan fingerprint density at radius 1 is 1.28 bits per heavy atom. The Balaban J connectivity index is 1.63. The number of piperidine rings is 1. The highest BCUT2D eigenvalue weighted by Crippen LogP contribution is 2.87. The molecule has 2 aliphatic carbocycles. The predicted molar refractivity (Wildman–Crippen MR) is 109 cm³/mol. The summed E-state index contributed by atoms with van der Waals surface area (Å²) in [6.45, 7) is 12.5. The molecule has 2 fully saturated rings. The average molecular weight is 414 g/mol. The first-order valence-corrected chi connectivity index (χ1v) is 10.8. The number of nitrogens with zero attached hydrogens (tertiary/aromatic N) is 1. The Hall–Kier alpha value is -0.900. The molecule has 1 spiro atoms. The summed E-state index contributed by atoms with van der Waals surface area (Å²) in [6.07, 6.45) is 1.11. The molecule has 1 nitrogen and oxygen atoms in total. The normalized spacial score (nSPS) is 34.0. The van der Waals surface area contributed by atoms with Gasteiger partial charge in [0.05, 0.1) is 0 Å². The van der Waals surface area contributed by atoms with Gasteiger partial charge in [0.15, 0.2) is 0 Å². The summed E-state index contributed by atoms with van der Waals surface area (Å²) in [7, 11) is 0. The van der Waals surface area contributed by atoms with Crippen LogP contribution >= 0.6 is 27.3 Å². The van der Waals surface area contributed by atoms with E-state index in [0.717, 1.165) is 18.9 Å². The van der Waals surface area contributed by atoms with Gasteiger partial charge >= 0.3 is 0 Å². The average Bonchev–Trinajstić information content (AvgIpc) is 2.86. The van der Waals surface area contributed by atoms with Gasteiger partial charge in [-0.3, -0.25) is 4.90 Å². The van der Waals surface area contributed by atoms with E-state index in [0.29, 0.717) is 22.9 Å². The Kier molecular flexibility index (Phi) is 3.31. The van der Waals surface area contributed by atoms with E-state index in [1.165, 1.54) is 14.9 Å². The molecule has 0 radical (unpaired) electrons. The minimum Gasteiger partial charge on any atom is -0.287 e. The third-order valence-corrected chi connectivity index (χ3v) is 8.58. The minimum absolute atomic E-state index is 0.333. The summed E-state index contributed by atoms with van der Waals surface area (Å²) in [5.74, 6) is 0.730. The molecular weight excluding hydrogens is 390 g/mol. The molecule has 2 heterocycles. The maximum atomic E-state index is 4.25. The third-order valence-electron chi connectivity index (χ3n) is 7.05. The van der Waals surface area contributed by atoms with Gasteiger partial charge in [0.25, 0.3) is 0 Å². The van der Waals surface area contributed by atoms with E-state index in [2.05, 4.69) is 83.9 Å². The zero-order chi connectivity index (χ0) is 17.6. The lowest BCUT2D eigenvalue weighted by atomic mass is 9.66. The second-order valence-corrected chi connectivity index (χ2v) is 10.5. The fourth-order valence-corrected chi connectivity index (χ4v) is 7.76. The summed E-state index contributed by atoms with van der Waals surface area (Å²) in [5, 5.41) is 2.20. The molecule has 4 unspecified atom stereocenters. The number of fused-ring (bicyclic) bond motifs is 2. The highest BCUT2D eigenvalue weighted by atomic mass is 79.9. The van der Waals surface area contributed by atoms with Crippen LogP contribution in [0.3, 0.4) is 0 Å². The first-order valence-electron chi connectivity index (χ1n) is 9.12. The molecule has 4 atom stereocenters. The van der Waals surface area contributed by atoms with Crippen molar-refractivity contribution in [2.24, 2.45) is 11.3 Å². The lowest BCUT2D eigenvalue weighted by Gasteiger charge is -2.48. The van der Waals surface area contributed by atoms with E-state index in [9.17, 15) is 0 Å². The molecule has 0 amide bonds. The summed E-state index contributed by atoms with van der Waals surface area (Å²) >= 11 is 5.75. The van der Waals surface area contributed by atoms with Crippen LogP contribution in [0.5, 0.6) is 0 Å². The van der Waals surface area contributed by atoms with Crippen LogP contribution in [0.25, 0.3) is 0 Å². The number of hydrogen-bond acceptors (Lipinski definition) is 2. The highest BCUT2D eigenvalue weighted by molar-refractivity contribution is 9.10. The molecule has 1 aromatic carbocycles. The Morgan fingerprint density at radius 3 is 2.76 bits per heavy atom. The van der Waals surface area contributed by atoms with Crippen molar-refractivity contribution in [1.29, 1.82) is 0 Å². The fraction of sp³-hybridized carbons (Fsp3) is 0.455. The van der Waals surface area contributed by atoms with Gasteiger partial charge in [0, 0.05) is 33.4 Å². The first-order chi connectivity index (χ1) is 11.9. The Bertz CT molecular complexity index is 868. The molecule has 2 aromatic rings. The molecular formula is C22H24BrNS.